The van der Waals surface area contributed by atoms with E-state index in [-0.39, 0.29) is 22.1 Å². The summed E-state index contributed by atoms with van der Waals surface area (Å²) in [4.78, 5) is 12.5. The Morgan fingerprint density at radius 3 is 2.85 bits per heavy atom. The van der Waals surface area contributed by atoms with Crippen LogP contribution in [0.4, 0.5) is 4.39 Å². The smallest absolute Gasteiger partial charge is 0.212 e. The number of aryl methyl sites for hydroxylation is 1. The number of methoxy groups -OCH3 is 1. The molecule has 0 saturated carbocycles. The molecule has 2 rings (SSSR count). The maximum absolute atomic E-state index is 13.4. The molecule has 2 aromatic rings. The van der Waals surface area contributed by atoms with Crippen molar-refractivity contribution in [2.75, 3.05) is 13.7 Å². The van der Waals surface area contributed by atoms with Crippen molar-refractivity contribution in [2.24, 2.45) is 0 Å². The van der Waals surface area contributed by atoms with E-state index in [2.05, 4.69) is 5.10 Å². The van der Waals surface area contributed by atoms with Crippen LogP contribution in [0.1, 0.15) is 21.6 Å². The summed E-state index contributed by atoms with van der Waals surface area (Å²) >= 11 is 6.01. The Balaban J connectivity index is 2.39. The van der Waals surface area contributed by atoms with Crippen LogP contribution in [-0.4, -0.2) is 29.3 Å². The lowest BCUT2D eigenvalue weighted by Gasteiger charge is -2.07. The molecule has 1 heterocycles. The normalized spacial score (nSPS) is 10.8. The molecule has 106 valence electrons. The second-order valence-electron chi connectivity index (χ2n) is 4.40. The summed E-state index contributed by atoms with van der Waals surface area (Å²) in [6.45, 7) is 2.53. The van der Waals surface area contributed by atoms with Crippen molar-refractivity contribution in [3.63, 3.8) is 0 Å². The van der Waals surface area contributed by atoms with Gasteiger partial charge in [0.2, 0.25) is 5.78 Å². The van der Waals surface area contributed by atoms with Gasteiger partial charge in [0.25, 0.3) is 0 Å². The number of rotatable bonds is 5. The van der Waals surface area contributed by atoms with Crippen LogP contribution in [-0.2, 0) is 11.3 Å². The molecule has 0 aliphatic heterocycles. The SMILES string of the molecule is COCCn1ncc(Cl)c1C(=O)c1cc(C)cc(F)c1. The Labute approximate surface area is 121 Å². The predicted octanol–water partition coefficient (Wildman–Crippen LogP) is 2.86. The minimum Gasteiger partial charge on any atom is -0.383 e. The molecule has 0 amide bonds. The summed E-state index contributed by atoms with van der Waals surface area (Å²) in [5.41, 5.74) is 1.17. The van der Waals surface area contributed by atoms with Crippen LogP contribution < -0.4 is 0 Å². The van der Waals surface area contributed by atoms with E-state index in [0.29, 0.717) is 18.7 Å². The zero-order chi connectivity index (χ0) is 14.7. The standard InChI is InChI=1S/C14H14ClFN2O2/c1-9-5-10(7-11(16)6-9)14(19)13-12(15)8-17-18(13)3-4-20-2/h5-8H,3-4H2,1-2H3. The Hall–Kier alpha value is -1.72. The van der Waals surface area contributed by atoms with Gasteiger partial charge in [-0.2, -0.15) is 5.10 Å². The maximum Gasteiger partial charge on any atom is 0.212 e. The fraction of sp³-hybridized carbons (Fsp3) is 0.286. The van der Waals surface area contributed by atoms with Gasteiger partial charge in [-0.3, -0.25) is 9.48 Å². The highest BCUT2D eigenvalue weighted by atomic mass is 35.5. The summed E-state index contributed by atoms with van der Waals surface area (Å²) in [5, 5.41) is 4.28. The molecular formula is C14H14ClFN2O2. The first-order valence-electron chi connectivity index (χ1n) is 6.05. The van der Waals surface area contributed by atoms with Gasteiger partial charge >= 0.3 is 0 Å². The quantitative estimate of drug-likeness (QED) is 0.797. The van der Waals surface area contributed by atoms with Crippen molar-refractivity contribution in [1.29, 1.82) is 0 Å². The summed E-state index contributed by atoms with van der Waals surface area (Å²) in [7, 11) is 1.56. The number of ether oxygens (including phenoxy) is 1. The van der Waals surface area contributed by atoms with E-state index in [1.54, 1.807) is 20.1 Å². The number of nitrogens with zero attached hydrogens (tertiary/aromatic N) is 2. The van der Waals surface area contributed by atoms with Gasteiger partial charge in [-0.05, 0) is 30.7 Å². The number of carbonyl (C=O) groups excluding carboxylic acids is 1. The zero-order valence-electron chi connectivity index (χ0n) is 11.2. The monoisotopic (exact) mass is 296 g/mol. The van der Waals surface area contributed by atoms with Crippen molar-refractivity contribution < 1.29 is 13.9 Å². The molecule has 4 nitrogen and oxygen atoms in total. The number of hydrogen-bond donors (Lipinski definition) is 0. The van der Waals surface area contributed by atoms with Crippen LogP contribution >= 0.6 is 11.6 Å². The Bertz CT molecular complexity index is 620. The van der Waals surface area contributed by atoms with E-state index >= 15 is 0 Å². The average molecular weight is 297 g/mol. The molecule has 0 aliphatic carbocycles. The lowest BCUT2D eigenvalue weighted by Crippen LogP contribution is -2.15. The lowest BCUT2D eigenvalue weighted by atomic mass is 10.1. The molecular weight excluding hydrogens is 283 g/mol. The molecule has 0 radical (unpaired) electrons. The molecule has 1 aromatic carbocycles. The van der Waals surface area contributed by atoms with Gasteiger partial charge in [-0.15, -0.1) is 0 Å². The second kappa shape index (κ2) is 6.15. The van der Waals surface area contributed by atoms with Crippen LogP contribution in [0.3, 0.4) is 0 Å². The van der Waals surface area contributed by atoms with Crippen LogP contribution in [0.25, 0.3) is 0 Å². The fourth-order valence-electron chi connectivity index (χ4n) is 1.94. The van der Waals surface area contributed by atoms with Gasteiger partial charge in [0.05, 0.1) is 24.4 Å². The van der Waals surface area contributed by atoms with Gasteiger partial charge < -0.3 is 4.74 Å². The molecule has 0 aliphatic rings. The summed E-state index contributed by atoms with van der Waals surface area (Å²) in [5.74, 6) is -0.807. The van der Waals surface area contributed by atoms with Gasteiger partial charge in [-0.25, -0.2) is 4.39 Å². The van der Waals surface area contributed by atoms with Crippen molar-refractivity contribution in [1.82, 2.24) is 9.78 Å². The van der Waals surface area contributed by atoms with Crippen LogP contribution in [0.2, 0.25) is 5.02 Å². The van der Waals surface area contributed by atoms with Crippen molar-refractivity contribution >= 4 is 17.4 Å². The third-order valence-electron chi connectivity index (χ3n) is 2.82. The first kappa shape index (κ1) is 14.7. The number of benzene rings is 1. The van der Waals surface area contributed by atoms with Gasteiger partial charge in [-0.1, -0.05) is 11.6 Å². The first-order valence-corrected chi connectivity index (χ1v) is 6.43. The van der Waals surface area contributed by atoms with Gasteiger partial charge in [0.1, 0.15) is 11.5 Å². The van der Waals surface area contributed by atoms with Crippen molar-refractivity contribution in [2.45, 2.75) is 13.5 Å². The van der Waals surface area contributed by atoms with Crippen molar-refractivity contribution in [3.05, 3.63) is 52.1 Å². The zero-order valence-corrected chi connectivity index (χ0v) is 11.9. The molecule has 0 fully saturated rings. The third-order valence-corrected chi connectivity index (χ3v) is 3.10. The van der Waals surface area contributed by atoms with E-state index in [0.717, 1.165) is 0 Å². The highest BCUT2D eigenvalue weighted by molar-refractivity contribution is 6.34. The number of ketones is 1. The number of aromatic nitrogens is 2. The average Bonchev–Trinajstić information content (AvgIpc) is 2.75. The highest BCUT2D eigenvalue weighted by Gasteiger charge is 2.19. The largest absolute Gasteiger partial charge is 0.383 e. The molecule has 0 N–H and O–H groups in total. The van der Waals surface area contributed by atoms with Crippen LogP contribution in [0.15, 0.2) is 24.4 Å². The summed E-state index contributed by atoms with van der Waals surface area (Å²) in [6.07, 6.45) is 1.40. The van der Waals surface area contributed by atoms with Crippen LogP contribution in [0, 0.1) is 12.7 Å². The lowest BCUT2D eigenvalue weighted by molar-refractivity contribution is 0.102. The molecule has 6 heteroatoms. The summed E-state index contributed by atoms with van der Waals surface area (Å²) in [6, 6.07) is 4.18. The van der Waals surface area contributed by atoms with E-state index in [1.807, 2.05) is 0 Å². The molecule has 0 spiro atoms. The van der Waals surface area contributed by atoms with Gasteiger partial charge in [0.15, 0.2) is 0 Å². The minimum atomic E-state index is -0.451. The fourth-order valence-corrected chi connectivity index (χ4v) is 2.17. The Kier molecular flexibility index (Phi) is 4.52. The Morgan fingerprint density at radius 2 is 2.20 bits per heavy atom. The van der Waals surface area contributed by atoms with E-state index in [9.17, 15) is 9.18 Å². The molecule has 0 saturated heterocycles. The molecule has 0 bridgehead atoms. The van der Waals surface area contributed by atoms with Crippen molar-refractivity contribution in [3.8, 4) is 0 Å². The number of hydrogen-bond acceptors (Lipinski definition) is 3. The predicted molar refractivity (Wildman–Crippen MR) is 73.7 cm³/mol. The summed E-state index contributed by atoms with van der Waals surface area (Å²) < 4.78 is 19.8. The topological polar surface area (TPSA) is 44.1 Å². The van der Waals surface area contributed by atoms with Crippen LogP contribution in [0.5, 0.6) is 0 Å². The molecule has 0 unspecified atom stereocenters. The van der Waals surface area contributed by atoms with E-state index in [1.165, 1.54) is 23.0 Å². The Morgan fingerprint density at radius 1 is 1.45 bits per heavy atom. The first-order chi connectivity index (χ1) is 9.52. The third kappa shape index (κ3) is 3.05. The second-order valence-corrected chi connectivity index (χ2v) is 4.81. The highest BCUT2D eigenvalue weighted by Crippen LogP contribution is 2.20. The van der Waals surface area contributed by atoms with Gasteiger partial charge in [0, 0.05) is 12.7 Å². The molecule has 1 aromatic heterocycles. The number of carbonyl (C=O) groups is 1. The van der Waals surface area contributed by atoms with E-state index < -0.39 is 5.82 Å². The minimum absolute atomic E-state index is 0.244. The molecule has 0 atom stereocenters. The maximum atomic E-state index is 13.4. The molecule has 20 heavy (non-hydrogen) atoms. The number of halogens is 2. The van der Waals surface area contributed by atoms with E-state index in [4.69, 9.17) is 16.3 Å².